The fraction of sp³-hybridized carbons (Fsp3) is 0.634. The van der Waals surface area contributed by atoms with Gasteiger partial charge < -0.3 is 19.3 Å². The maximum Gasteiger partial charge on any atom is 0.469 e. The molecule has 0 aliphatic carbocycles. The smallest absolute Gasteiger partial charge is 0.462 e. The Morgan fingerprint density at radius 2 is 1.10 bits per heavy atom. The SMILES string of the molecule is CCCCC/C=C\C/C=C\C/C=C\C=C\C(=O)CCCC(=O)O[C@H](COC(=O)CCCCCCC/C=C\C=C/CCCCCC)COP(=O)(O)O. The molecule has 2 N–H and O–H groups in total. The number of phosphoric acid groups is 1. The number of ether oxygens (including phenoxy) is 2. The summed E-state index contributed by atoms with van der Waals surface area (Å²) in [5.74, 6) is -1.30. The van der Waals surface area contributed by atoms with Gasteiger partial charge in [0.05, 0.1) is 6.61 Å². The lowest BCUT2D eigenvalue weighted by atomic mass is 10.1. The van der Waals surface area contributed by atoms with Gasteiger partial charge in [-0.2, -0.15) is 0 Å². The summed E-state index contributed by atoms with van der Waals surface area (Å²) >= 11 is 0. The highest BCUT2D eigenvalue weighted by molar-refractivity contribution is 7.46. The second kappa shape index (κ2) is 35.6. The minimum Gasteiger partial charge on any atom is -0.462 e. The zero-order chi connectivity index (χ0) is 37.7. The van der Waals surface area contributed by atoms with Crippen LogP contribution in [-0.4, -0.2) is 46.8 Å². The molecule has 51 heavy (non-hydrogen) atoms. The molecule has 0 saturated carbocycles. The van der Waals surface area contributed by atoms with Gasteiger partial charge in [-0.15, -0.1) is 0 Å². The van der Waals surface area contributed by atoms with Crippen molar-refractivity contribution in [3.63, 3.8) is 0 Å². The zero-order valence-corrected chi connectivity index (χ0v) is 32.4. The van der Waals surface area contributed by atoms with Gasteiger partial charge in [-0.05, 0) is 70.3 Å². The summed E-state index contributed by atoms with van der Waals surface area (Å²) in [5.41, 5.74) is 0. The zero-order valence-electron chi connectivity index (χ0n) is 31.5. The number of ketones is 1. The van der Waals surface area contributed by atoms with Gasteiger partial charge in [-0.1, -0.05) is 132 Å². The van der Waals surface area contributed by atoms with Crippen molar-refractivity contribution in [1.82, 2.24) is 0 Å². The fourth-order valence-corrected chi connectivity index (χ4v) is 5.15. The first-order chi connectivity index (χ1) is 24.7. The number of carbonyl (C=O) groups is 3. The van der Waals surface area contributed by atoms with Gasteiger partial charge in [-0.25, -0.2) is 4.57 Å². The Kier molecular flexibility index (Phi) is 33.6. The van der Waals surface area contributed by atoms with Gasteiger partial charge in [0, 0.05) is 19.3 Å². The van der Waals surface area contributed by atoms with Gasteiger partial charge >= 0.3 is 19.8 Å². The molecule has 290 valence electrons. The van der Waals surface area contributed by atoms with E-state index < -0.39 is 32.5 Å². The lowest BCUT2D eigenvalue weighted by Crippen LogP contribution is -2.29. The number of unbranched alkanes of at least 4 members (excludes halogenated alkanes) is 12. The second-order valence-corrected chi connectivity index (χ2v) is 13.8. The summed E-state index contributed by atoms with van der Waals surface area (Å²) in [6, 6.07) is 0. The van der Waals surface area contributed by atoms with Crippen molar-refractivity contribution < 1.29 is 42.7 Å². The van der Waals surface area contributed by atoms with E-state index in [1.165, 1.54) is 51.0 Å². The highest BCUT2D eigenvalue weighted by Gasteiger charge is 2.23. The number of hydrogen-bond donors (Lipinski definition) is 2. The van der Waals surface area contributed by atoms with Gasteiger partial charge in [0.25, 0.3) is 0 Å². The molecule has 0 heterocycles. The molecule has 0 aromatic carbocycles. The maximum atomic E-state index is 12.3. The summed E-state index contributed by atoms with van der Waals surface area (Å²) in [4.78, 5) is 54.8. The molecule has 10 heteroatoms. The van der Waals surface area contributed by atoms with Crippen molar-refractivity contribution in [3.05, 3.63) is 72.9 Å². The van der Waals surface area contributed by atoms with E-state index in [1.807, 2.05) is 6.08 Å². The van der Waals surface area contributed by atoms with Crippen LogP contribution in [0.4, 0.5) is 0 Å². The Bertz CT molecular complexity index is 1110. The average Bonchev–Trinajstić information content (AvgIpc) is 3.09. The number of esters is 2. The van der Waals surface area contributed by atoms with Crippen LogP contribution in [0.2, 0.25) is 0 Å². The lowest BCUT2D eigenvalue weighted by Gasteiger charge is -2.18. The molecule has 0 fully saturated rings. The van der Waals surface area contributed by atoms with Crippen molar-refractivity contribution in [3.8, 4) is 0 Å². The minimum atomic E-state index is -4.82. The minimum absolute atomic E-state index is 0.0841. The molecule has 0 spiro atoms. The van der Waals surface area contributed by atoms with Crippen LogP contribution in [0, 0.1) is 0 Å². The third-order valence-electron chi connectivity index (χ3n) is 7.70. The number of phosphoric ester groups is 1. The van der Waals surface area contributed by atoms with Crippen molar-refractivity contribution in [2.24, 2.45) is 0 Å². The van der Waals surface area contributed by atoms with Crippen molar-refractivity contribution in [2.75, 3.05) is 13.2 Å². The van der Waals surface area contributed by atoms with E-state index in [9.17, 15) is 18.9 Å². The van der Waals surface area contributed by atoms with Crippen molar-refractivity contribution in [2.45, 2.75) is 155 Å². The van der Waals surface area contributed by atoms with E-state index >= 15 is 0 Å². The van der Waals surface area contributed by atoms with Crippen LogP contribution in [0.5, 0.6) is 0 Å². The Morgan fingerprint density at radius 1 is 0.569 bits per heavy atom. The first kappa shape index (κ1) is 48.2. The van der Waals surface area contributed by atoms with Crippen LogP contribution in [-0.2, 0) is 32.9 Å². The molecule has 0 unspecified atom stereocenters. The molecule has 0 amide bonds. The van der Waals surface area contributed by atoms with Gasteiger partial charge in [0.2, 0.25) is 0 Å². The third-order valence-corrected chi connectivity index (χ3v) is 8.19. The topological polar surface area (TPSA) is 136 Å². The number of carbonyl (C=O) groups excluding carboxylic acids is 3. The Balaban J connectivity index is 4.23. The fourth-order valence-electron chi connectivity index (χ4n) is 4.79. The molecule has 0 radical (unpaired) electrons. The molecule has 0 bridgehead atoms. The monoisotopic (exact) mass is 734 g/mol. The van der Waals surface area contributed by atoms with E-state index in [2.05, 4.69) is 67.0 Å². The van der Waals surface area contributed by atoms with Gasteiger partial charge in [-0.3, -0.25) is 18.9 Å². The highest BCUT2D eigenvalue weighted by Crippen LogP contribution is 2.35. The molecule has 0 aromatic heterocycles. The van der Waals surface area contributed by atoms with E-state index in [-0.39, 0.29) is 38.1 Å². The predicted molar refractivity (Wildman–Crippen MR) is 207 cm³/mol. The maximum absolute atomic E-state index is 12.3. The Morgan fingerprint density at radius 3 is 1.78 bits per heavy atom. The van der Waals surface area contributed by atoms with E-state index in [0.717, 1.165) is 57.8 Å². The van der Waals surface area contributed by atoms with Crippen LogP contribution in [0.25, 0.3) is 0 Å². The van der Waals surface area contributed by atoms with E-state index in [0.29, 0.717) is 6.42 Å². The summed E-state index contributed by atoms with van der Waals surface area (Å²) in [7, 11) is -4.82. The van der Waals surface area contributed by atoms with Crippen molar-refractivity contribution >= 4 is 25.5 Å². The summed E-state index contributed by atoms with van der Waals surface area (Å²) in [6.07, 6.45) is 42.0. The van der Waals surface area contributed by atoms with Crippen LogP contribution < -0.4 is 0 Å². The second-order valence-electron chi connectivity index (χ2n) is 12.6. The highest BCUT2D eigenvalue weighted by atomic mass is 31.2. The van der Waals surface area contributed by atoms with Crippen LogP contribution in [0.3, 0.4) is 0 Å². The quantitative estimate of drug-likeness (QED) is 0.0165. The Labute approximate surface area is 308 Å². The summed E-state index contributed by atoms with van der Waals surface area (Å²) in [6.45, 7) is 3.40. The molecular weight excluding hydrogens is 667 g/mol. The average molecular weight is 735 g/mol. The summed E-state index contributed by atoms with van der Waals surface area (Å²) < 4.78 is 26.1. The molecule has 0 aliphatic heterocycles. The van der Waals surface area contributed by atoms with Gasteiger partial charge in [0.1, 0.15) is 6.61 Å². The number of hydrogen-bond acceptors (Lipinski definition) is 7. The molecular formula is C41H67O9P. The Hall–Kier alpha value is -2.84. The standard InChI is InChI=1S/C41H67O9P/c1-3-5-7-9-11-13-15-17-18-20-22-24-26-28-30-34-40(43)48-36-39(37-49-51(45,46)47)50-41(44)35-31-33-38(42)32-29-27-25-23-21-19-16-14-12-10-8-6-4-2/h12-15,17-19,21,25,27,29,32,39H,3-11,16,20,22-24,26,28,30-31,33-37H2,1-2H3,(H2,45,46,47)/b14-12-,15-13-,18-17-,21-19-,27-25-,32-29+/t39-/m1/s1. The molecule has 0 saturated heterocycles. The molecule has 9 nitrogen and oxygen atoms in total. The van der Waals surface area contributed by atoms with E-state index in [1.54, 1.807) is 12.2 Å². The number of allylic oxidation sites excluding steroid dienone is 12. The van der Waals surface area contributed by atoms with Crippen molar-refractivity contribution in [1.29, 1.82) is 0 Å². The predicted octanol–water partition coefficient (Wildman–Crippen LogP) is 10.7. The number of rotatable bonds is 34. The lowest BCUT2D eigenvalue weighted by molar-refractivity contribution is -0.161. The van der Waals surface area contributed by atoms with Gasteiger partial charge in [0.15, 0.2) is 11.9 Å². The first-order valence-electron chi connectivity index (χ1n) is 19.2. The normalized spacial score (nSPS) is 13.2. The largest absolute Gasteiger partial charge is 0.469 e. The molecule has 0 aliphatic rings. The third kappa shape index (κ3) is 38.2. The molecule has 0 aromatic rings. The van der Waals surface area contributed by atoms with E-state index in [4.69, 9.17) is 19.3 Å². The van der Waals surface area contributed by atoms with Crippen LogP contribution in [0.1, 0.15) is 149 Å². The summed E-state index contributed by atoms with van der Waals surface area (Å²) in [5, 5.41) is 0. The van der Waals surface area contributed by atoms with Crippen LogP contribution >= 0.6 is 7.82 Å². The van der Waals surface area contributed by atoms with Crippen LogP contribution in [0.15, 0.2) is 72.9 Å². The first-order valence-corrected chi connectivity index (χ1v) is 20.7. The molecule has 0 rings (SSSR count). The molecule has 1 atom stereocenters.